The molecule has 0 aromatic heterocycles. The molecule has 1 fully saturated rings. The summed E-state index contributed by atoms with van der Waals surface area (Å²) in [6, 6.07) is 30.5. The molecule has 4 rings (SSSR count). The maximum Gasteiger partial charge on any atom is 0.141 e. The van der Waals surface area contributed by atoms with Crippen LogP contribution in [0.5, 0.6) is 0 Å². The Kier molecular flexibility index (Phi) is 8.49. The normalized spacial score (nSPS) is 25.5. The van der Waals surface area contributed by atoms with Crippen molar-refractivity contribution in [1.82, 2.24) is 0 Å². The Morgan fingerprint density at radius 1 is 0.594 bits per heavy atom. The highest BCUT2D eigenvalue weighted by Crippen LogP contribution is 2.32. The lowest BCUT2D eigenvalue weighted by molar-refractivity contribution is -0.241. The molecular formula is C27H29BrO4. The lowest BCUT2D eigenvalue weighted by Gasteiger charge is -2.43. The summed E-state index contributed by atoms with van der Waals surface area (Å²) in [5.41, 5.74) is 3.33. The van der Waals surface area contributed by atoms with E-state index in [9.17, 15) is 0 Å². The van der Waals surface area contributed by atoms with Gasteiger partial charge >= 0.3 is 0 Å². The molecule has 0 unspecified atom stereocenters. The zero-order valence-corrected chi connectivity index (χ0v) is 19.8. The quantitative estimate of drug-likeness (QED) is 0.346. The number of hydrogen-bond donors (Lipinski definition) is 0. The van der Waals surface area contributed by atoms with Gasteiger partial charge in [-0.1, -0.05) is 107 Å². The Hall–Kier alpha value is -2.02. The first-order chi connectivity index (χ1) is 15.7. The molecule has 32 heavy (non-hydrogen) atoms. The van der Waals surface area contributed by atoms with Crippen LogP contribution in [0, 0.1) is 0 Å². The van der Waals surface area contributed by atoms with E-state index in [0.29, 0.717) is 19.8 Å². The summed E-state index contributed by atoms with van der Waals surface area (Å²) in [5.74, 6) is 0. The Balaban J connectivity index is 1.50. The fourth-order valence-corrected chi connectivity index (χ4v) is 4.65. The van der Waals surface area contributed by atoms with E-state index in [2.05, 4.69) is 52.3 Å². The summed E-state index contributed by atoms with van der Waals surface area (Å²) >= 11 is 3.68. The van der Waals surface area contributed by atoms with Gasteiger partial charge in [0.1, 0.15) is 23.3 Å². The van der Waals surface area contributed by atoms with Gasteiger partial charge < -0.3 is 18.9 Å². The van der Waals surface area contributed by atoms with Gasteiger partial charge in [-0.25, -0.2) is 0 Å². The Labute approximate surface area is 198 Å². The Bertz CT molecular complexity index is 867. The van der Waals surface area contributed by atoms with Crippen LogP contribution in [0.1, 0.15) is 23.6 Å². The standard InChI is InChI=1S/C27H29BrO4/c1-20-24(29-17-21-11-5-2-6-12-21)25(30-18-22-13-7-3-8-14-22)26(27(28)32-20)31-19-23-15-9-4-10-16-23/h2-16,20,24-27H,17-19H2,1H3/t20-,24+,25+,26-,27-/m0/s1. The number of benzene rings is 3. The summed E-state index contributed by atoms with van der Waals surface area (Å²) in [4.78, 5) is 0. The van der Waals surface area contributed by atoms with Crippen molar-refractivity contribution in [3.63, 3.8) is 0 Å². The highest BCUT2D eigenvalue weighted by Gasteiger charge is 2.45. The number of alkyl halides is 1. The minimum Gasteiger partial charge on any atom is -0.368 e. The van der Waals surface area contributed by atoms with E-state index >= 15 is 0 Å². The van der Waals surface area contributed by atoms with Crippen LogP contribution in [-0.4, -0.2) is 29.4 Å². The molecule has 0 amide bonds. The van der Waals surface area contributed by atoms with E-state index in [1.54, 1.807) is 0 Å². The third kappa shape index (κ3) is 6.27. The molecule has 1 aliphatic heterocycles. The highest BCUT2D eigenvalue weighted by atomic mass is 79.9. The number of rotatable bonds is 9. The average Bonchev–Trinajstić information content (AvgIpc) is 2.83. The molecule has 1 aliphatic rings. The van der Waals surface area contributed by atoms with Gasteiger partial charge in [0.05, 0.1) is 25.9 Å². The lowest BCUT2D eigenvalue weighted by atomic mass is 10.00. The summed E-state index contributed by atoms with van der Waals surface area (Å²) in [5, 5.41) is -0.293. The molecule has 0 N–H and O–H groups in total. The van der Waals surface area contributed by atoms with Crippen LogP contribution in [0.25, 0.3) is 0 Å². The first kappa shape index (κ1) is 23.1. The first-order valence-corrected chi connectivity index (χ1v) is 11.9. The van der Waals surface area contributed by atoms with Crippen LogP contribution in [0.3, 0.4) is 0 Å². The van der Waals surface area contributed by atoms with Gasteiger partial charge in [0.25, 0.3) is 0 Å². The van der Waals surface area contributed by atoms with Crippen molar-refractivity contribution in [2.45, 2.75) is 56.2 Å². The number of ether oxygens (including phenoxy) is 4. The van der Waals surface area contributed by atoms with Gasteiger partial charge in [-0.15, -0.1) is 0 Å². The third-order valence-corrected chi connectivity index (χ3v) is 6.31. The van der Waals surface area contributed by atoms with Crippen molar-refractivity contribution in [2.24, 2.45) is 0 Å². The maximum absolute atomic E-state index is 6.45. The second-order valence-corrected chi connectivity index (χ2v) is 8.88. The molecule has 1 saturated heterocycles. The third-order valence-electron chi connectivity index (χ3n) is 5.57. The van der Waals surface area contributed by atoms with E-state index in [4.69, 9.17) is 18.9 Å². The monoisotopic (exact) mass is 496 g/mol. The lowest BCUT2D eigenvalue weighted by Crippen LogP contribution is -2.57. The minimum absolute atomic E-state index is 0.152. The van der Waals surface area contributed by atoms with Crippen LogP contribution < -0.4 is 0 Å². The number of hydrogen-bond acceptors (Lipinski definition) is 4. The molecule has 3 aromatic carbocycles. The van der Waals surface area contributed by atoms with E-state index in [1.807, 2.05) is 61.5 Å². The molecule has 5 heteroatoms. The van der Waals surface area contributed by atoms with Crippen molar-refractivity contribution >= 4 is 15.9 Å². The van der Waals surface area contributed by atoms with Gasteiger partial charge in [0.15, 0.2) is 0 Å². The van der Waals surface area contributed by atoms with Crippen molar-refractivity contribution in [2.75, 3.05) is 0 Å². The first-order valence-electron chi connectivity index (χ1n) is 11.0. The van der Waals surface area contributed by atoms with Gasteiger partial charge in [-0.2, -0.15) is 0 Å². The molecule has 3 aromatic rings. The number of halogens is 1. The summed E-state index contributed by atoms with van der Waals surface area (Å²) < 4.78 is 25.3. The fraction of sp³-hybridized carbons (Fsp3) is 0.333. The van der Waals surface area contributed by atoms with Gasteiger partial charge in [-0.3, -0.25) is 0 Å². The zero-order chi connectivity index (χ0) is 22.2. The summed E-state index contributed by atoms with van der Waals surface area (Å²) in [6.45, 7) is 3.47. The maximum atomic E-state index is 6.45. The second kappa shape index (κ2) is 11.7. The summed E-state index contributed by atoms with van der Waals surface area (Å²) in [6.07, 6.45) is -1.04. The van der Waals surface area contributed by atoms with Crippen molar-refractivity contribution in [1.29, 1.82) is 0 Å². The topological polar surface area (TPSA) is 36.9 Å². The fourth-order valence-electron chi connectivity index (χ4n) is 3.85. The second-order valence-electron chi connectivity index (χ2n) is 7.98. The van der Waals surface area contributed by atoms with Crippen LogP contribution in [0.2, 0.25) is 0 Å². The zero-order valence-electron chi connectivity index (χ0n) is 18.2. The molecular weight excluding hydrogens is 468 g/mol. The summed E-state index contributed by atoms with van der Waals surface area (Å²) in [7, 11) is 0. The van der Waals surface area contributed by atoms with E-state index in [1.165, 1.54) is 0 Å². The Morgan fingerprint density at radius 2 is 0.969 bits per heavy atom. The Morgan fingerprint density at radius 3 is 1.41 bits per heavy atom. The molecule has 1 heterocycles. The predicted octanol–water partition coefficient (Wildman–Crippen LogP) is 5.88. The van der Waals surface area contributed by atoms with Crippen LogP contribution in [-0.2, 0) is 38.8 Å². The SMILES string of the molecule is C[C@@H]1O[C@H](Br)[C@@H](OCc2ccccc2)[C@H](OCc2ccccc2)[C@@H]1OCc1ccccc1. The molecule has 0 bridgehead atoms. The van der Waals surface area contributed by atoms with Gasteiger partial charge in [-0.05, 0) is 23.6 Å². The van der Waals surface area contributed by atoms with Crippen LogP contribution in [0.15, 0.2) is 91.0 Å². The van der Waals surface area contributed by atoms with Crippen LogP contribution in [0.4, 0.5) is 0 Å². The molecule has 4 nitrogen and oxygen atoms in total. The van der Waals surface area contributed by atoms with E-state index < -0.39 is 0 Å². The van der Waals surface area contributed by atoms with Gasteiger partial charge in [0.2, 0.25) is 0 Å². The molecule has 0 spiro atoms. The smallest absolute Gasteiger partial charge is 0.141 e. The molecule has 168 valence electrons. The van der Waals surface area contributed by atoms with Crippen LogP contribution >= 0.6 is 15.9 Å². The average molecular weight is 497 g/mol. The molecule has 0 aliphatic carbocycles. The molecule has 0 radical (unpaired) electrons. The van der Waals surface area contributed by atoms with E-state index in [0.717, 1.165) is 16.7 Å². The predicted molar refractivity (Wildman–Crippen MR) is 128 cm³/mol. The van der Waals surface area contributed by atoms with Crippen molar-refractivity contribution in [3.8, 4) is 0 Å². The van der Waals surface area contributed by atoms with Crippen molar-refractivity contribution in [3.05, 3.63) is 108 Å². The molecule has 5 atom stereocenters. The van der Waals surface area contributed by atoms with Gasteiger partial charge in [0, 0.05) is 0 Å². The largest absolute Gasteiger partial charge is 0.368 e. The minimum atomic E-state index is -0.323. The van der Waals surface area contributed by atoms with Crippen molar-refractivity contribution < 1.29 is 18.9 Å². The van der Waals surface area contributed by atoms with E-state index in [-0.39, 0.29) is 29.4 Å². The molecule has 0 saturated carbocycles. The highest BCUT2D eigenvalue weighted by molar-refractivity contribution is 9.09.